The molecule has 10 heteroatoms. The molecule has 2 aromatic rings. The Labute approximate surface area is 172 Å². The summed E-state index contributed by atoms with van der Waals surface area (Å²) in [6.07, 6.45) is 2.09. The number of imide groups is 1. The van der Waals surface area contributed by atoms with Gasteiger partial charge in [0.25, 0.3) is 16.8 Å². The van der Waals surface area contributed by atoms with Gasteiger partial charge < -0.3 is 9.15 Å². The highest BCUT2D eigenvalue weighted by molar-refractivity contribution is 9.10. The van der Waals surface area contributed by atoms with Gasteiger partial charge in [0.1, 0.15) is 11.5 Å². The number of thioether (sulfide) groups is 1. The van der Waals surface area contributed by atoms with Crippen molar-refractivity contribution in [3.8, 4) is 11.3 Å². The van der Waals surface area contributed by atoms with Gasteiger partial charge in [0.2, 0.25) is 0 Å². The number of methoxy groups -OCH3 is 1. The number of ether oxygens (including phenoxy) is 1. The SMILES string of the molecule is COCCCN1C(=O)S/C(=C\c2ccc(-c3ccc([N+](=O)[O-])cc3Br)o2)C1=O. The Morgan fingerprint density at radius 2 is 2.11 bits per heavy atom. The predicted molar refractivity (Wildman–Crippen MR) is 108 cm³/mol. The van der Waals surface area contributed by atoms with Gasteiger partial charge in [0.05, 0.1) is 9.83 Å². The van der Waals surface area contributed by atoms with Gasteiger partial charge >= 0.3 is 0 Å². The second-order valence-corrected chi connectivity index (χ2v) is 7.65. The number of nitro benzene ring substituents is 1. The molecule has 1 aliphatic rings. The lowest BCUT2D eigenvalue weighted by Crippen LogP contribution is -2.29. The molecule has 1 aromatic heterocycles. The highest BCUT2D eigenvalue weighted by Gasteiger charge is 2.34. The van der Waals surface area contributed by atoms with Crippen LogP contribution < -0.4 is 0 Å². The number of nitrogens with zero attached hydrogens (tertiary/aromatic N) is 2. The summed E-state index contributed by atoms with van der Waals surface area (Å²) in [5.74, 6) is 0.524. The highest BCUT2D eigenvalue weighted by atomic mass is 79.9. The molecule has 2 heterocycles. The van der Waals surface area contributed by atoms with Gasteiger partial charge in [-0.25, -0.2) is 0 Å². The van der Waals surface area contributed by atoms with Crippen LogP contribution in [0.1, 0.15) is 12.2 Å². The Kier molecular flexibility index (Phi) is 6.32. The number of nitro groups is 1. The van der Waals surface area contributed by atoms with Crippen molar-refractivity contribution >= 4 is 50.6 Å². The number of non-ortho nitro benzene ring substituents is 1. The van der Waals surface area contributed by atoms with Gasteiger partial charge in [-0.1, -0.05) is 0 Å². The third-order valence-corrected chi connectivity index (χ3v) is 5.50. The lowest BCUT2D eigenvalue weighted by Gasteiger charge is -2.11. The van der Waals surface area contributed by atoms with Gasteiger partial charge in [0.15, 0.2) is 0 Å². The standard InChI is InChI=1S/C18H15BrN2O6S/c1-26-8-2-7-20-17(22)16(28-18(20)23)10-12-4-6-15(27-12)13-5-3-11(21(24)25)9-14(13)19/h3-6,9-10H,2,7-8H2,1H3/b16-10-. The maximum absolute atomic E-state index is 12.4. The van der Waals surface area contributed by atoms with Crippen LogP contribution in [0.15, 0.2) is 44.1 Å². The Bertz CT molecular complexity index is 971. The van der Waals surface area contributed by atoms with E-state index in [-0.39, 0.29) is 21.7 Å². The normalized spacial score (nSPS) is 15.6. The third kappa shape index (κ3) is 4.34. The fraction of sp³-hybridized carbons (Fsp3) is 0.222. The molecule has 0 spiro atoms. The largest absolute Gasteiger partial charge is 0.457 e. The molecule has 0 atom stereocenters. The summed E-state index contributed by atoms with van der Waals surface area (Å²) in [4.78, 5) is 36.3. The molecule has 1 fully saturated rings. The maximum atomic E-state index is 12.4. The molecule has 0 saturated carbocycles. The molecule has 3 rings (SSSR count). The van der Waals surface area contributed by atoms with Crippen LogP contribution in [0.4, 0.5) is 10.5 Å². The van der Waals surface area contributed by atoms with Crippen LogP contribution in [0.5, 0.6) is 0 Å². The summed E-state index contributed by atoms with van der Waals surface area (Å²) in [5.41, 5.74) is 0.600. The van der Waals surface area contributed by atoms with Crippen LogP contribution in [0.2, 0.25) is 0 Å². The molecule has 8 nitrogen and oxygen atoms in total. The number of hydrogen-bond acceptors (Lipinski definition) is 7. The molecule has 1 saturated heterocycles. The molecule has 2 amide bonds. The molecule has 0 unspecified atom stereocenters. The van der Waals surface area contributed by atoms with Crippen molar-refractivity contribution < 1.29 is 23.7 Å². The van der Waals surface area contributed by atoms with Crippen molar-refractivity contribution in [3.05, 3.63) is 55.6 Å². The minimum atomic E-state index is -0.481. The van der Waals surface area contributed by atoms with E-state index in [1.807, 2.05) is 0 Å². The lowest BCUT2D eigenvalue weighted by molar-refractivity contribution is -0.384. The average molecular weight is 467 g/mol. The van der Waals surface area contributed by atoms with Crippen molar-refractivity contribution in [2.45, 2.75) is 6.42 Å². The van der Waals surface area contributed by atoms with E-state index in [4.69, 9.17) is 9.15 Å². The van der Waals surface area contributed by atoms with Crippen molar-refractivity contribution in [3.63, 3.8) is 0 Å². The van der Waals surface area contributed by atoms with Gasteiger partial charge in [0, 0.05) is 48.5 Å². The lowest BCUT2D eigenvalue weighted by atomic mass is 10.1. The van der Waals surface area contributed by atoms with Crippen LogP contribution in [0, 0.1) is 10.1 Å². The first-order valence-corrected chi connectivity index (χ1v) is 9.80. The van der Waals surface area contributed by atoms with Crippen molar-refractivity contribution in [1.29, 1.82) is 0 Å². The second-order valence-electron chi connectivity index (χ2n) is 5.80. The summed E-state index contributed by atoms with van der Waals surface area (Å²) in [6, 6.07) is 7.72. The van der Waals surface area contributed by atoms with Gasteiger partial charge in [-0.05, 0) is 52.3 Å². The van der Waals surface area contributed by atoms with E-state index in [2.05, 4.69) is 15.9 Å². The first-order chi connectivity index (χ1) is 13.4. The van der Waals surface area contributed by atoms with Gasteiger partial charge in [-0.3, -0.25) is 24.6 Å². The number of furan rings is 1. The molecule has 0 aliphatic carbocycles. The van der Waals surface area contributed by atoms with Crippen LogP contribution in [0.3, 0.4) is 0 Å². The van der Waals surface area contributed by atoms with E-state index in [1.54, 1.807) is 25.3 Å². The summed E-state index contributed by atoms with van der Waals surface area (Å²) in [6.45, 7) is 0.765. The predicted octanol–water partition coefficient (Wildman–Crippen LogP) is 4.69. The number of rotatable bonds is 7. The molecule has 1 aromatic carbocycles. The fourth-order valence-corrected chi connectivity index (χ4v) is 3.99. The summed E-state index contributed by atoms with van der Waals surface area (Å²) in [5, 5.41) is 10.5. The zero-order chi connectivity index (χ0) is 20.3. The Hall–Kier alpha value is -2.43. The van der Waals surface area contributed by atoms with Gasteiger partial charge in [-0.15, -0.1) is 0 Å². The molecule has 0 radical (unpaired) electrons. The van der Waals surface area contributed by atoms with Crippen molar-refractivity contribution in [2.75, 3.05) is 20.3 Å². The number of carbonyl (C=O) groups excluding carboxylic acids is 2. The Balaban J connectivity index is 1.78. The monoisotopic (exact) mass is 466 g/mol. The highest BCUT2D eigenvalue weighted by Crippen LogP contribution is 2.35. The Morgan fingerprint density at radius 3 is 2.79 bits per heavy atom. The van der Waals surface area contributed by atoms with Crippen LogP contribution >= 0.6 is 27.7 Å². The van der Waals surface area contributed by atoms with E-state index in [0.717, 1.165) is 11.8 Å². The zero-order valence-electron chi connectivity index (χ0n) is 14.7. The molecule has 0 N–H and O–H groups in total. The third-order valence-electron chi connectivity index (χ3n) is 3.93. The molecular formula is C18H15BrN2O6S. The minimum Gasteiger partial charge on any atom is -0.457 e. The Morgan fingerprint density at radius 1 is 1.32 bits per heavy atom. The minimum absolute atomic E-state index is 0.0375. The summed E-state index contributed by atoms with van der Waals surface area (Å²) < 4.78 is 11.2. The van der Waals surface area contributed by atoms with Crippen molar-refractivity contribution in [2.24, 2.45) is 0 Å². The van der Waals surface area contributed by atoms with Gasteiger partial charge in [-0.2, -0.15) is 0 Å². The molecule has 146 valence electrons. The van der Waals surface area contributed by atoms with Crippen LogP contribution in [-0.4, -0.2) is 41.2 Å². The fourth-order valence-electron chi connectivity index (χ4n) is 2.58. The van der Waals surface area contributed by atoms with Crippen LogP contribution in [0.25, 0.3) is 17.4 Å². The maximum Gasteiger partial charge on any atom is 0.293 e. The van der Waals surface area contributed by atoms with Crippen LogP contribution in [-0.2, 0) is 9.53 Å². The van der Waals surface area contributed by atoms with E-state index in [9.17, 15) is 19.7 Å². The van der Waals surface area contributed by atoms with E-state index in [1.165, 1.54) is 23.1 Å². The number of carbonyl (C=O) groups is 2. The second kappa shape index (κ2) is 8.72. The van der Waals surface area contributed by atoms with E-state index in [0.29, 0.717) is 41.1 Å². The molecule has 28 heavy (non-hydrogen) atoms. The molecule has 0 bridgehead atoms. The molecular weight excluding hydrogens is 452 g/mol. The number of halogens is 1. The summed E-state index contributed by atoms with van der Waals surface area (Å²) >= 11 is 4.17. The smallest absolute Gasteiger partial charge is 0.293 e. The first-order valence-electron chi connectivity index (χ1n) is 8.19. The average Bonchev–Trinajstić information content (AvgIpc) is 3.21. The number of hydrogen-bond donors (Lipinski definition) is 0. The van der Waals surface area contributed by atoms with E-state index >= 15 is 0 Å². The molecule has 1 aliphatic heterocycles. The van der Waals surface area contributed by atoms with Crippen molar-refractivity contribution in [1.82, 2.24) is 4.90 Å². The first kappa shape index (κ1) is 20.3. The number of benzene rings is 1. The quantitative estimate of drug-likeness (QED) is 0.252. The number of amides is 2. The topological polar surface area (TPSA) is 103 Å². The summed E-state index contributed by atoms with van der Waals surface area (Å²) in [7, 11) is 1.56. The zero-order valence-corrected chi connectivity index (χ0v) is 17.1. The van der Waals surface area contributed by atoms with E-state index < -0.39 is 4.92 Å².